The fourth-order valence-electron chi connectivity index (χ4n) is 2.23. The number of carbonyl (C=O) groups excluding carboxylic acids is 1. The monoisotopic (exact) mass is 344 g/mol. The molecule has 5 nitrogen and oxygen atoms in total. The molecule has 2 rings (SSSR count). The second-order valence-corrected chi connectivity index (χ2v) is 5.33. The van der Waals surface area contributed by atoms with E-state index in [1.807, 2.05) is 12.1 Å². The van der Waals surface area contributed by atoms with Crippen molar-refractivity contribution in [2.24, 2.45) is 0 Å². The van der Waals surface area contributed by atoms with Crippen LogP contribution in [0.1, 0.15) is 22.8 Å². The topological polar surface area (TPSA) is 54.0 Å². The van der Waals surface area contributed by atoms with Crippen molar-refractivity contribution in [2.45, 2.75) is 13.3 Å². The average Bonchev–Trinajstić information content (AvgIpc) is 2.67. The molecule has 134 valence electrons. The van der Waals surface area contributed by atoms with E-state index in [-0.39, 0.29) is 0 Å². The van der Waals surface area contributed by atoms with E-state index in [4.69, 9.17) is 18.9 Å². The standard InChI is InChI=1S/C20H24O5/c1-3-16-4-7-18(8-5-16)24-12-10-23-11-13-25-19-9-6-17(15-21)14-20(19)22-2/h4-9,14-15H,3,10-13H2,1-2H3. The zero-order valence-electron chi connectivity index (χ0n) is 14.7. The molecule has 0 spiro atoms. The Morgan fingerprint density at radius 1 is 0.880 bits per heavy atom. The summed E-state index contributed by atoms with van der Waals surface area (Å²) in [6.45, 7) is 3.93. The zero-order chi connectivity index (χ0) is 17.9. The van der Waals surface area contributed by atoms with Crippen LogP contribution in [0, 0.1) is 0 Å². The van der Waals surface area contributed by atoms with Crippen molar-refractivity contribution in [3.05, 3.63) is 53.6 Å². The van der Waals surface area contributed by atoms with E-state index in [1.54, 1.807) is 18.2 Å². The van der Waals surface area contributed by atoms with Gasteiger partial charge in [-0.25, -0.2) is 0 Å². The Morgan fingerprint density at radius 2 is 1.60 bits per heavy atom. The number of aryl methyl sites for hydroxylation is 1. The Balaban J connectivity index is 1.62. The molecular formula is C20H24O5. The largest absolute Gasteiger partial charge is 0.493 e. The van der Waals surface area contributed by atoms with Gasteiger partial charge in [0.1, 0.15) is 25.2 Å². The first-order chi connectivity index (χ1) is 12.3. The van der Waals surface area contributed by atoms with E-state index in [1.165, 1.54) is 12.7 Å². The lowest BCUT2D eigenvalue weighted by Gasteiger charge is -2.11. The van der Waals surface area contributed by atoms with Gasteiger partial charge < -0.3 is 18.9 Å². The Hall–Kier alpha value is -2.53. The quantitative estimate of drug-likeness (QED) is 0.461. The molecule has 0 aromatic heterocycles. The highest BCUT2D eigenvalue weighted by Gasteiger charge is 2.05. The second-order valence-electron chi connectivity index (χ2n) is 5.33. The highest BCUT2D eigenvalue weighted by molar-refractivity contribution is 5.76. The van der Waals surface area contributed by atoms with E-state index in [9.17, 15) is 4.79 Å². The summed E-state index contributed by atoms with van der Waals surface area (Å²) in [6, 6.07) is 13.1. The Bertz CT molecular complexity index is 652. The number of hydrogen-bond donors (Lipinski definition) is 0. The summed E-state index contributed by atoms with van der Waals surface area (Å²) in [4.78, 5) is 10.8. The molecule has 2 aromatic carbocycles. The molecule has 0 N–H and O–H groups in total. The first kappa shape index (κ1) is 18.8. The van der Waals surface area contributed by atoms with Crippen LogP contribution < -0.4 is 14.2 Å². The van der Waals surface area contributed by atoms with Gasteiger partial charge in [0.2, 0.25) is 0 Å². The van der Waals surface area contributed by atoms with Crippen LogP contribution in [-0.4, -0.2) is 39.8 Å². The maximum Gasteiger partial charge on any atom is 0.161 e. The molecule has 0 aliphatic rings. The first-order valence-corrected chi connectivity index (χ1v) is 8.32. The van der Waals surface area contributed by atoms with Gasteiger partial charge in [-0.1, -0.05) is 19.1 Å². The van der Waals surface area contributed by atoms with Gasteiger partial charge in [-0.3, -0.25) is 4.79 Å². The minimum atomic E-state index is 0.391. The van der Waals surface area contributed by atoms with E-state index >= 15 is 0 Å². The molecule has 0 heterocycles. The summed E-state index contributed by atoms with van der Waals surface area (Å²) in [5.74, 6) is 1.96. The predicted molar refractivity (Wildman–Crippen MR) is 96.0 cm³/mol. The Morgan fingerprint density at radius 3 is 2.24 bits per heavy atom. The van der Waals surface area contributed by atoms with E-state index < -0.39 is 0 Å². The summed E-state index contributed by atoms with van der Waals surface area (Å²) in [6.07, 6.45) is 1.79. The lowest BCUT2D eigenvalue weighted by Crippen LogP contribution is -2.12. The van der Waals surface area contributed by atoms with E-state index in [0.717, 1.165) is 18.5 Å². The van der Waals surface area contributed by atoms with Gasteiger partial charge in [-0.05, 0) is 42.3 Å². The fraction of sp³-hybridized carbons (Fsp3) is 0.350. The summed E-state index contributed by atoms with van der Waals surface area (Å²) in [7, 11) is 1.54. The summed E-state index contributed by atoms with van der Waals surface area (Å²) >= 11 is 0. The van der Waals surface area contributed by atoms with Crippen molar-refractivity contribution in [1.29, 1.82) is 0 Å². The Kier molecular flexibility index (Phi) is 7.79. The maximum atomic E-state index is 10.8. The van der Waals surface area contributed by atoms with Gasteiger partial charge >= 0.3 is 0 Å². The number of ether oxygens (including phenoxy) is 4. The Labute approximate surface area is 148 Å². The van der Waals surface area contributed by atoms with Gasteiger partial charge in [-0.15, -0.1) is 0 Å². The number of benzene rings is 2. The van der Waals surface area contributed by atoms with Crippen LogP contribution in [0.2, 0.25) is 0 Å². The van der Waals surface area contributed by atoms with Crippen LogP contribution in [0.5, 0.6) is 17.2 Å². The molecule has 0 radical (unpaired) electrons. The molecule has 0 atom stereocenters. The lowest BCUT2D eigenvalue weighted by atomic mass is 10.2. The van der Waals surface area contributed by atoms with Crippen molar-refractivity contribution >= 4 is 6.29 Å². The highest BCUT2D eigenvalue weighted by atomic mass is 16.6. The van der Waals surface area contributed by atoms with Crippen LogP contribution in [0.25, 0.3) is 0 Å². The van der Waals surface area contributed by atoms with Crippen LogP contribution in [0.15, 0.2) is 42.5 Å². The van der Waals surface area contributed by atoms with E-state index in [2.05, 4.69) is 19.1 Å². The first-order valence-electron chi connectivity index (χ1n) is 8.32. The molecule has 0 bridgehead atoms. The molecule has 2 aromatic rings. The van der Waals surface area contributed by atoms with Gasteiger partial charge in [0.05, 0.1) is 20.3 Å². The SMILES string of the molecule is CCc1ccc(OCCOCCOc2ccc(C=O)cc2OC)cc1. The molecule has 0 saturated carbocycles. The summed E-state index contributed by atoms with van der Waals surface area (Å²) in [5, 5.41) is 0. The number of carbonyl (C=O) groups is 1. The molecule has 0 unspecified atom stereocenters. The highest BCUT2D eigenvalue weighted by Crippen LogP contribution is 2.27. The van der Waals surface area contributed by atoms with Crippen molar-refractivity contribution < 1.29 is 23.7 Å². The van der Waals surface area contributed by atoms with Gasteiger partial charge in [0.15, 0.2) is 11.5 Å². The molecule has 0 fully saturated rings. The smallest absolute Gasteiger partial charge is 0.161 e. The fourth-order valence-corrected chi connectivity index (χ4v) is 2.23. The lowest BCUT2D eigenvalue weighted by molar-refractivity contribution is 0.0757. The van der Waals surface area contributed by atoms with Crippen LogP contribution in [0.3, 0.4) is 0 Å². The molecule has 25 heavy (non-hydrogen) atoms. The maximum absolute atomic E-state index is 10.8. The second kappa shape index (κ2) is 10.4. The third kappa shape index (κ3) is 6.12. The van der Waals surface area contributed by atoms with Crippen LogP contribution in [0.4, 0.5) is 0 Å². The normalized spacial score (nSPS) is 10.3. The van der Waals surface area contributed by atoms with Crippen molar-refractivity contribution in [3.8, 4) is 17.2 Å². The van der Waals surface area contributed by atoms with Crippen molar-refractivity contribution in [2.75, 3.05) is 33.5 Å². The molecule has 0 aliphatic heterocycles. The van der Waals surface area contributed by atoms with Gasteiger partial charge in [-0.2, -0.15) is 0 Å². The molecule has 0 aliphatic carbocycles. The number of hydrogen-bond acceptors (Lipinski definition) is 5. The van der Waals surface area contributed by atoms with E-state index in [0.29, 0.717) is 43.5 Å². The van der Waals surface area contributed by atoms with Crippen LogP contribution >= 0.6 is 0 Å². The van der Waals surface area contributed by atoms with Crippen molar-refractivity contribution in [1.82, 2.24) is 0 Å². The molecular weight excluding hydrogens is 320 g/mol. The van der Waals surface area contributed by atoms with Crippen molar-refractivity contribution in [3.63, 3.8) is 0 Å². The summed E-state index contributed by atoms with van der Waals surface area (Å²) in [5.41, 5.74) is 1.84. The summed E-state index contributed by atoms with van der Waals surface area (Å²) < 4.78 is 21.9. The number of aldehydes is 1. The number of methoxy groups -OCH3 is 1. The van der Waals surface area contributed by atoms with Crippen LogP contribution in [-0.2, 0) is 11.2 Å². The zero-order valence-corrected chi connectivity index (χ0v) is 14.7. The average molecular weight is 344 g/mol. The van der Waals surface area contributed by atoms with Gasteiger partial charge in [0.25, 0.3) is 0 Å². The minimum Gasteiger partial charge on any atom is -0.493 e. The minimum absolute atomic E-state index is 0.391. The molecule has 0 amide bonds. The molecule has 5 heteroatoms. The van der Waals surface area contributed by atoms with Gasteiger partial charge in [0, 0.05) is 5.56 Å². The predicted octanol–water partition coefficient (Wildman–Crippen LogP) is 3.54. The molecule has 0 saturated heterocycles. The third-order valence-corrected chi connectivity index (χ3v) is 3.64. The number of rotatable bonds is 11. The third-order valence-electron chi connectivity index (χ3n) is 3.64.